The topological polar surface area (TPSA) is 3.24 Å². The van der Waals surface area contributed by atoms with Gasteiger partial charge in [0, 0.05) is 18.8 Å². The third-order valence-electron chi connectivity index (χ3n) is 4.74. The molecule has 0 atom stereocenters. The lowest BCUT2D eigenvalue weighted by Gasteiger charge is -2.20. The Morgan fingerprint density at radius 1 is 0.704 bits per heavy atom. The van der Waals surface area contributed by atoms with Crippen LogP contribution in [0.4, 0.5) is 5.69 Å². The second kappa shape index (κ2) is 9.59. The first-order valence-electron chi connectivity index (χ1n) is 9.66. The zero-order chi connectivity index (χ0) is 18.9. The summed E-state index contributed by atoms with van der Waals surface area (Å²) < 4.78 is 0. The molecule has 136 valence electrons. The highest BCUT2D eigenvalue weighted by atomic mass is 15.1. The molecule has 0 aromatic heterocycles. The average molecular weight is 354 g/mol. The molecule has 0 bridgehead atoms. The minimum absolute atomic E-state index is 1.03. The molecule has 0 amide bonds. The van der Waals surface area contributed by atoms with E-state index in [1.165, 1.54) is 28.0 Å². The van der Waals surface area contributed by atoms with E-state index in [-0.39, 0.29) is 0 Å². The van der Waals surface area contributed by atoms with Gasteiger partial charge in [-0.15, -0.1) is 0 Å². The summed E-state index contributed by atoms with van der Waals surface area (Å²) >= 11 is 0. The summed E-state index contributed by atoms with van der Waals surface area (Å²) in [5, 5.41) is 0. The van der Waals surface area contributed by atoms with Crippen LogP contribution >= 0.6 is 0 Å². The van der Waals surface area contributed by atoms with Crippen molar-refractivity contribution >= 4 is 17.3 Å². The molecule has 27 heavy (non-hydrogen) atoms. The third kappa shape index (κ3) is 4.98. The second-order valence-electron chi connectivity index (χ2n) is 6.44. The Balaban J connectivity index is 1.84. The van der Waals surface area contributed by atoms with Crippen LogP contribution in [-0.2, 0) is 0 Å². The molecule has 3 aromatic carbocycles. The van der Waals surface area contributed by atoms with Gasteiger partial charge in [0.2, 0.25) is 0 Å². The third-order valence-corrected chi connectivity index (χ3v) is 4.74. The van der Waals surface area contributed by atoms with Crippen molar-refractivity contribution in [3.8, 4) is 0 Å². The van der Waals surface area contributed by atoms with E-state index < -0.39 is 0 Å². The van der Waals surface area contributed by atoms with E-state index in [1.54, 1.807) is 0 Å². The van der Waals surface area contributed by atoms with Gasteiger partial charge >= 0.3 is 0 Å². The molecule has 0 aliphatic rings. The van der Waals surface area contributed by atoms with Crippen LogP contribution in [-0.4, -0.2) is 13.1 Å². The van der Waals surface area contributed by atoms with E-state index in [2.05, 4.69) is 122 Å². The summed E-state index contributed by atoms with van der Waals surface area (Å²) in [5.41, 5.74) is 6.17. The standard InChI is InChI=1S/C26H27N/c1-3-27(4-2)25-20-18-22(19-21-25)12-11-17-26(23-13-7-5-8-14-23)24-15-9-6-10-16-24/h5-21H,3-4H2,1-2H3. The van der Waals surface area contributed by atoms with Gasteiger partial charge in [-0.25, -0.2) is 0 Å². The molecule has 0 radical (unpaired) electrons. The first kappa shape index (κ1) is 18.7. The summed E-state index contributed by atoms with van der Waals surface area (Å²) in [4.78, 5) is 2.36. The second-order valence-corrected chi connectivity index (χ2v) is 6.44. The van der Waals surface area contributed by atoms with Crippen LogP contribution in [0.3, 0.4) is 0 Å². The molecule has 0 spiro atoms. The van der Waals surface area contributed by atoms with Crippen LogP contribution in [0.25, 0.3) is 11.6 Å². The van der Waals surface area contributed by atoms with Gasteiger partial charge < -0.3 is 4.90 Å². The molecule has 1 nitrogen and oxygen atoms in total. The molecule has 3 rings (SSSR count). The van der Waals surface area contributed by atoms with Gasteiger partial charge in [-0.05, 0) is 48.2 Å². The van der Waals surface area contributed by atoms with Crippen molar-refractivity contribution in [1.29, 1.82) is 0 Å². The van der Waals surface area contributed by atoms with E-state index in [9.17, 15) is 0 Å². The summed E-state index contributed by atoms with van der Waals surface area (Å²) in [5.74, 6) is 0. The Morgan fingerprint density at radius 3 is 1.70 bits per heavy atom. The van der Waals surface area contributed by atoms with Crippen molar-refractivity contribution in [2.45, 2.75) is 13.8 Å². The average Bonchev–Trinajstić information content (AvgIpc) is 2.74. The molecule has 0 aliphatic carbocycles. The van der Waals surface area contributed by atoms with Gasteiger partial charge in [-0.1, -0.05) is 91.0 Å². The molecule has 0 N–H and O–H groups in total. The maximum absolute atomic E-state index is 2.36. The molecule has 0 saturated heterocycles. The molecule has 0 heterocycles. The highest BCUT2D eigenvalue weighted by Gasteiger charge is 2.03. The van der Waals surface area contributed by atoms with Crippen molar-refractivity contribution in [3.63, 3.8) is 0 Å². The minimum atomic E-state index is 1.03. The Labute approximate surface area is 163 Å². The van der Waals surface area contributed by atoms with Gasteiger partial charge in [-0.3, -0.25) is 0 Å². The Hall–Kier alpha value is -3.06. The molecule has 1 heteroatoms. The van der Waals surface area contributed by atoms with Crippen LogP contribution in [0.1, 0.15) is 30.5 Å². The minimum Gasteiger partial charge on any atom is -0.372 e. The van der Waals surface area contributed by atoms with Gasteiger partial charge in [0.25, 0.3) is 0 Å². The Morgan fingerprint density at radius 2 is 1.22 bits per heavy atom. The molecular weight excluding hydrogens is 326 g/mol. The van der Waals surface area contributed by atoms with E-state index in [4.69, 9.17) is 0 Å². The zero-order valence-electron chi connectivity index (χ0n) is 16.2. The predicted octanol–water partition coefficient (Wildman–Crippen LogP) is 6.68. The van der Waals surface area contributed by atoms with Crippen LogP contribution in [0.15, 0.2) is 97.1 Å². The lowest BCUT2D eigenvalue weighted by Crippen LogP contribution is -2.21. The van der Waals surface area contributed by atoms with E-state index in [0.717, 1.165) is 13.1 Å². The maximum Gasteiger partial charge on any atom is 0.0366 e. The van der Waals surface area contributed by atoms with Crippen molar-refractivity contribution < 1.29 is 0 Å². The van der Waals surface area contributed by atoms with Gasteiger partial charge in [0.1, 0.15) is 0 Å². The van der Waals surface area contributed by atoms with Crippen molar-refractivity contribution in [1.82, 2.24) is 0 Å². The number of benzene rings is 3. The van der Waals surface area contributed by atoms with E-state index in [1.807, 2.05) is 0 Å². The van der Waals surface area contributed by atoms with Crippen LogP contribution in [0.5, 0.6) is 0 Å². The molecule has 3 aromatic rings. The fraction of sp³-hybridized carbons (Fsp3) is 0.154. The summed E-state index contributed by atoms with van der Waals surface area (Å²) in [7, 11) is 0. The number of hydrogen-bond acceptors (Lipinski definition) is 1. The van der Waals surface area contributed by atoms with E-state index in [0.29, 0.717) is 0 Å². The molecule has 0 unspecified atom stereocenters. The van der Waals surface area contributed by atoms with Gasteiger partial charge in [0.05, 0.1) is 0 Å². The quantitative estimate of drug-likeness (QED) is 0.428. The van der Waals surface area contributed by atoms with Crippen LogP contribution in [0, 0.1) is 0 Å². The highest BCUT2D eigenvalue weighted by molar-refractivity contribution is 5.81. The lowest BCUT2D eigenvalue weighted by molar-refractivity contribution is 0.866. The zero-order valence-corrected chi connectivity index (χ0v) is 16.2. The Bertz CT molecular complexity index is 829. The van der Waals surface area contributed by atoms with Crippen molar-refractivity contribution in [2.75, 3.05) is 18.0 Å². The maximum atomic E-state index is 2.36. The number of anilines is 1. The summed E-state index contributed by atoms with van der Waals surface area (Å²) in [6, 6.07) is 29.9. The molecule has 0 aliphatic heterocycles. The smallest absolute Gasteiger partial charge is 0.0366 e. The lowest BCUT2D eigenvalue weighted by atomic mass is 9.97. The number of nitrogens with zero attached hydrogens (tertiary/aromatic N) is 1. The molecule has 0 fully saturated rings. The normalized spacial score (nSPS) is 10.7. The molecular formula is C26H27N. The van der Waals surface area contributed by atoms with Crippen LogP contribution < -0.4 is 4.90 Å². The molecule has 0 saturated carbocycles. The van der Waals surface area contributed by atoms with Gasteiger partial charge in [0.15, 0.2) is 0 Å². The summed E-state index contributed by atoms with van der Waals surface area (Å²) in [6.07, 6.45) is 6.50. The predicted molar refractivity (Wildman–Crippen MR) is 119 cm³/mol. The first-order valence-corrected chi connectivity index (χ1v) is 9.66. The monoisotopic (exact) mass is 353 g/mol. The van der Waals surface area contributed by atoms with Crippen molar-refractivity contribution in [2.24, 2.45) is 0 Å². The highest BCUT2D eigenvalue weighted by Crippen LogP contribution is 2.23. The number of hydrogen-bond donors (Lipinski definition) is 0. The Kier molecular flexibility index (Phi) is 6.65. The first-order chi connectivity index (χ1) is 13.3. The summed E-state index contributed by atoms with van der Waals surface area (Å²) in [6.45, 7) is 6.45. The largest absolute Gasteiger partial charge is 0.372 e. The fourth-order valence-corrected chi connectivity index (χ4v) is 3.23. The van der Waals surface area contributed by atoms with E-state index >= 15 is 0 Å². The fourth-order valence-electron chi connectivity index (χ4n) is 3.23. The SMILES string of the molecule is CCN(CC)c1ccc(C=CC=C(c2ccccc2)c2ccccc2)cc1. The van der Waals surface area contributed by atoms with Crippen LogP contribution in [0.2, 0.25) is 0 Å². The number of rotatable bonds is 7. The van der Waals surface area contributed by atoms with Gasteiger partial charge in [-0.2, -0.15) is 0 Å². The number of allylic oxidation sites excluding steroid dienone is 2. The van der Waals surface area contributed by atoms with Crippen molar-refractivity contribution in [3.05, 3.63) is 114 Å².